The summed E-state index contributed by atoms with van der Waals surface area (Å²) < 4.78 is 0. The van der Waals surface area contributed by atoms with E-state index in [0.717, 1.165) is 13.0 Å². The Balaban J connectivity index is 4.23. The Labute approximate surface area is 112 Å². The normalized spacial score (nSPS) is 12.0. The Kier molecular flexibility index (Phi) is 7.50. The molecule has 8 nitrogen and oxygen atoms in total. The number of urea groups is 1. The molecule has 3 amide bonds. The molecule has 0 aliphatic rings. The maximum atomic E-state index is 11.7. The summed E-state index contributed by atoms with van der Waals surface area (Å²) in [6.45, 7) is 1.31. The number of carbonyl (C=O) groups is 3. The summed E-state index contributed by atoms with van der Waals surface area (Å²) >= 11 is 0. The number of aliphatic carboxylic acids is 1. The van der Waals surface area contributed by atoms with E-state index < -0.39 is 30.4 Å². The first-order chi connectivity index (χ1) is 8.73. The fourth-order valence-corrected chi connectivity index (χ4v) is 1.39. The van der Waals surface area contributed by atoms with Gasteiger partial charge in [-0.25, -0.2) is 9.59 Å². The second-order valence-corrected chi connectivity index (χ2v) is 4.59. The summed E-state index contributed by atoms with van der Waals surface area (Å²) in [7, 11) is 5.41. The van der Waals surface area contributed by atoms with Crippen LogP contribution in [0.2, 0.25) is 0 Å². The molecule has 0 aliphatic carbocycles. The summed E-state index contributed by atoms with van der Waals surface area (Å²) in [4.78, 5) is 36.6. The van der Waals surface area contributed by atoms with Crippen molar-refractivity contribution in [3.05, 3.63) is 0 Å². The van der Waals surface area contributed by atoms with Gasteiger partial charge in [0.05, 0.1) is 6.42 Å². The van der Waals surface area contributed by atoms with Crippen molar-refractivity contribution in [3.8, 4) is 0 Å². The molecule has 0 rings (SSSR count). The minimum Gasteiger partial charge on any atom is -0.480 e. The first kappa shape index (κ1) is 17.2. The average molecular weight is 274 g/mol. The molecule has 0 saturated heterocycles. The number of carbonyl (C=O) groups excluding carboxylic acids is 2. The number of nitrogens with one attached hydrogen (secondary N) is 1. The van der Waals surface area contributed by atoms with Gasteiger partial charge in [-0.2, -0.15) is 0 Å². The molecule has 0 aliphatic heterocycles. The zero-order chi connectivity index (χ0) is 15.0. The zero-order valence-corrected chi connectivity index (χ0v) is 11.5. The van der Waals surface area contributed by atoms with Gasteiger partial charge in [0.25, 0.3) is 0 Å². The van der Waals surface area contributed by atoms with Crippen molar-refractivity contribution in [2.24, 2.45) is 5.73 Å². The molecule has 19 heavy (non-hydrogen) atoms. The highest BCUT2D eigenvalue weighted by atomic mass is 16.4. The second-order valence-electron chi connectivity index (χ2n) is 4.59. The van der Waals surface area contributed by atoms with Gasteiger partial charge in [0, 0.05) is 13.6 Å². The van der Waals surface area contributed by atoms with Crippen molar-refractivity contribution in [2.45, 2.75) is 18.9 Å². The van der Waals surface area contributed by atoms with Gasteiger partial charge in [-0.15, -0.1) is 0 Å². The third kappa shape index (κ3) is 7.98. The molecule has 0 bridgehead atoms. The van der Waals surface area contributed by atoms with Gasteiger partial charge in [-0.3, -0.25) is 4.79 Å². The zero-order valence-electron chi connectivity index (χ0n) is 11.5. The predicted molar refractivity (Wildman–Crippen MR) is 69.6 cm³/mol. The minimum atomic E-state index is -1.29. The first-order valence-electron chi connectivity index (χ1n) is 5.91. The highest BCUT2D eigenvalue weighted by Crippen LogP contribution is 1.96. The van der Waals surface area contributed by atoms with Gasteiger partial charge in [-0.05, 0) is 27.1 Å². The van der Waals surface area contributed by atoms with Gasteiger partial charge in [0.15, 0.2) is 0 Å². The van der Waals surface area contributed by atoms with Crippen molar-refractivity contribution in [1.29, 1.82) is 0 Å². The third-order valence-corrected chi connectivity index (χ3v) is 2.45. The van der Waals surface area contributed by atoms with Crippen LogP contribution in [0.4, 0.5) is 4.79 Å². The van der Waals surface area contributed by atoms with Gasteiger partial charge in [0.2, 0.25) is 5.91 Å². The quantitative estimate of drug-likeness (QED) is 0.520. The van der Waals surface area contributed by atoms with Crippen LogP contribution < -0.4 is 11.1 Å². The van der Waals surface area contributed by atoms with Crippen LogP contribution in [0.25, 0.3) is 0 Å². The highest BCUT2D eigenvalue weighted by molar-refractivity contribution is 5.87. The van der Waals surface area contributed by atoms with Crippen LogP contribution in [-0.2, 0) is 9.59 Å². The lowest BCUT2D eigenvalue weighted by atomic mass is 10.2. The molecule has 0 radical (unpaired) electrons. The lowest BCUT2D eigenvalue weighted by Gasteiger charge is -2.21. The van der Waals surface area contributed by atoms with Crippen molar-refractivity contribution < 1.29 is 19.5 Å². The monoisotopic (exact) mass is 274 g/mol. The third-order valence-electron chi connectivity index (χ3n) is 2.45. The Morgan fingerprint density at radius 2 is 1.79 bits per heavy atom. The second kappa shape index (κ2) is 8.30. The smallest absolute Gasteiger partial charge is 0.326 e. The van der Waals surface area contributed by atoms with E-state index in [9.17, 15) is 14.4 Å². The highest BCUT2D eigenvalue weighted by Gasteiger charge is 2.23. The van der Waals surface area contributed by atoms with E-state index in [1.165, 1.54) is 4.90 Å². The summed E-state index contributed by atoms with van der Waals surface area (Å²) in [5.41, 5.74) is 4.92. The molecule has 1 atom stereocenters. The number of hydrogen-bond donors (Lipinski definition) is 3. The molecule has 0 aromatic rings. The van der Waals surface area contributed by atoms with Crippen molar-refractivity contribution in [2.75, 3.05) is 34.2 Å². The van der Waals surface area contributed by atoms with E-state index in [1.54, 1.807) is 7.05 Å². The fraction of sp³-hybridized carbons (Fsp3) is 0.727. The number of amides is 3. The van der Waals surface area contributed by atoms with Crippen molar-refractivity contribution in [3.63, 3.8) is 0 Å². The number of hydrogen-bond acceptors (Lipinski definition) is 4. The summed E-state index contributed by atoms with van der Waals surface area (Å²) in [6.07, 6.45) is 0.344. The molecule has 110 valence electrons. The van der Waals surface area contributed by atoms with Crippen molar-refractivity contribution in [1.82, 2.24) is 15.1 Å². The largest absolute Gasteiger partial charge is 0.480 e. The SMILES string of the molecule is CN(C)CCCN(C)C(=O)NC(CC(N)=O)C(=O)O. The molecular weight excluding hydrogens is 252 g/mol. The van der Waals surface area contributed by atoms with E-state index in [4.69, 9.17) is 10.8 Å². The lowest BCUT2D eigenvalue weighted by Crippen LogP contribution is -2.48. The summed E-state index contributed by atoms with van der Waals surface area (Å²) in [5, 5.41) is 11.1. The molecule has 0 aromatic heterocycles. The van der Waals surface area contributed by atoms with Crippen LogP contribution in [0.3, 0.4) is 0 Å². The van der Waals surface area contributed by atoms with Gasteiger partial charge in [-0.1, -0.05) is 0 Å². The molecule has 0 spiro atoms. The molecule has 0 aromatic carbocycles. The van der Waals surface area contributed by atoms with Crippen molar-refractivity contribution >= 4 is 17.9 Å². The van der Waals surface area contributed by atoms with Crippen LogP contribution in [0.15, 0.2) is 0 Å². The standard InChI is InChI=1S/C11H22N4O4/c1-14(2)5-4-6-15(3)11(19)13-8(10(17)18)7-9(12)16/h8H,4-7H2,1-3H3,(H2,12,16)(H,13,19)(H,17,18). The average Bonchev–Trinajstić information content (AvgIpc) is 2.26. The van der Waals surface area contributed by atoms with Gasteiger partial charge in [0.1, 0.15) is 6.04 Å². The van der Waals surface area contributed by atoms with Crippen LogP contribution >= 0.6 is 0 Å². The predicted octanol–water partition coefficient (Wildman–Crippen LogP) is -1.09. The summed E-state index contributed by atoms with van der Waals surface area (Å²) in [5.74, 6) is -2.06. The van der Waals surface area contributed by atoms with Crippen LogP contribution in [0.1, 0.15) is 12.8 Å². The summed E-state index contributed by atoms with van der Waals surface area (Å²) in [6, 6.07) is -1.83. The number of nitrogens with two attached hydrogens (primary N) is 1. The topological polar surface area (TPSA) is 116 Å². The Hall–Kier alpha value is -1.83. The maximum absolute atomic E-state index is 11.7. The molecule has 0 fully saturated rings. The van der Waals surface area contributed by atoms with Gasteiger partial charge >= 0.3 is 12.0 Å². The van der Waals surface area contributed by atoms with Gasteiger partial charge < -0.3 is 26.0 Å². The molecule has 1 unspecified atom stereocenters. The Morgan fingerprint density at radius 3 is 2.21 bits per heavy atom. The van der Waals surface area contributed by atoms with Crippen LogP contribution in [-0.4, -0.2) is 73.1 Å². The maximum Gasteiger partial charge on any atom is 0.326 e. The molecule has 8 heteroatoms. The number of nitrogens with zero attached hydrogens (tertiary/aromatic N) is 2. The molecule has 0 heterocycles. The number of carboxylic acids is 1. The first-order valence-corrected chi connectivity index (χ1v) is 5.91. The van der Waals surface area contributed by atoms with Crippen LogP contribution in [0, 0.1) is 0 Å². The number of carboxylic acid groups (broad SMARTS) is 1. The van der Waals surface area contributed by atoms with Crippen LogP contribution in [0.5, 0.6) is 0 Å². The van der Waals surface area contributed by atoms with E-state index in [-0.39, 0.29) is 0 Å². The van der Waals surface area contributed by atoms with E-state index in [2.05, 4.69) is 5.32 Å². The van der Waals surface area contributed by atoms with E-state index in [0.29, 0.717) is 6.54 Å². The minimum absolute atomic E-state index is 0.424. The molecular formula is C11H22N4O4. The molecule has 0 saturated carbocycles. The lowest BCUT2D eigenvalue weighted by molar-refractivity contribution is -0.140. The Morgan fingerprint density at radius 1 is 1.21 bits per heavy atom. The Bertz CT molecular complexity index is 333. The number of rotatable bonds is 8. The van der Waals surface area contributed by atoms with E-state index >= 15 is 0 Å². The molecule has 4 N–H and O–H groups in total. The number of primary amides is 1. The fourth-order valence-electron chi connectivity index (χ4n) is 1.39. The van der Waals surface area contributed by atoms with E-state index in [1.807, 2.05) is 19.0 Å².